The number of benzene rings is 1. The first kappa shape index (κ1) is 12.4. The van der Waals surface area contributed by atoms with Crippen LogP contribution in [0.3, 0.4) is 0 Å². The van der Waals surface area contributed by atoms with Gasteiger partial charge < -0.3 is 9.64 Å². The number of ether oxygens (including phenoxy) is 1. The van der Waals surface area contributed by atoms with E-state index in [0.29, 0.717) is 6.61 Å². The summed E-state index contributed by atoms with van der Waals surface area (Å²) in [6, 6.07) is 9.63. The molecule has 1 aliphatic heterocycles. The Morgan fingerprint density at radius 2 is 2.28 bits per heavy atom. The van der Waals surface area contributed by atoms with Crippen molar-refractivity contribution in [2.45, 2.75) is 25.8 Å². The Kier molecular flexibility index (Phi) is 3.52. The molecule has 2 rings (SSSR count). The Morgan fingerprint density at radius 3 is 2.94 bits per heavy atom. The van der Waals surface area contributed by atoms with Crippen molar-refractivity contribution >= 4 is 5.91 Å². The highest BCUT2D eigenvalue weighted by Gasteiger charge is 2.33. The summed E-state index contributed by atoms with van der Waals surface area (Å²) in [5.74, 6) is 0.463. The van der Waals surface area contributed by atoms with Crippen molar-refractivity contribution in [3.05, 3.63) is 29.8 Å². The van der Waals surface area contributed by atoms with Gasteiger partial charge in [0.1, 0.15) is 24.8 Å². The molecule has 1 heterocycles. The molecule has 0 spiro atoms. The second-order valence-electron chi connectivity index (χ2n) is 4.62. The number of nitrogens with zero attached hydrogens (tertiary/aromatic N) is 2. The second-order valence-corrected chi connectivity index (χ2v) is 4.62. The zero-order valence-corrected chi connectivity index (χ0v) is 10.6. The quantitative estimate of drug-likeness (QED) is 0.763. The standard InChI is InChI=1S/C14H16N2O2/c1-10(2)16(8-7-15)14(17)12-9-18-13-6-4-3-5-11(12)13/h3-6,10,12H,8-9H2,1-2H3. The van der Waals surface area contributed by atoms with Gasteiger partial charge in [0.15, 0.2) is 0 Å². The van der Waals surface area contributed by atoms with Crippen LogP contribution in [0.2, 0.25) is 0 Å². The van der Waals surface area contributed by atoms with Crippen LogP contribution in [0.1, 0.15) is 25.3 Å². The molecule has 0 saturated carbocycles. The number of carbonyl (C=O) groups is 1. The van der Waals surface area contributed by atoms with E-state index in [-0.39, 0.29) is 24.4 Å². The normalized spacial score (nSPS) is 16.9. The third-order valence-corrected chi connectivity index (χ3v) is 3.15. The van der Waals surface area contributed by atoms with Gasteiger partial charge in [0, 0.05) is 11.6 Å². The summed E-state index contributed by atoms with van der Waals surface area (Å²) in [7, 11) is 0. The molecular formula is C14H16N2O2. The summed E-state index contributed by atoms with van der Waals surface area (Å²) in [6.45, 7) is 4.32. The maximum Gasteiger partial charge on any atom is 0.234 e. The van der Waals surface area contributed by atoms with E-state index in [1.807, 2.05) is 44.2 Å². The Balaban J connectivity index is 2.23. The minimum Gasteiger partial charge on any atom is -0.492 e. The Labute approximate surface area is 107 Å². The molecule has 0 aromatic heterocycles. The summed E-state index contributed by atoms with van der Waals surface area (Å²) >= 11 is 0. The molecule has 1 unspecified atom stereocenters. The molecule has 1 aromatic carbocycles. The molecule has 1 aliphatic rings. The lowest BCUT2D eigenvalue weighted by Crippen LogP contribution is -2.40. The van der Waals surface area contributed by atoms with E-state index in [4.69, 9.17) is 10.00 Å². The minimum atomic E-state index is -0.281. The van der Waals surface area contributed by atoms with E-state index in [9.17, 15) is 4.79 Å². The Bertz CT molecular complexity index is 491. The van der Waals surface area contributed by atoms with Gasteiger partial charge in [-0.05, 0) is 19.9 Å². The molecule has 0 saturated heterocycles. The van der Waals surface area contributed by atoms with Crippen LogP contribution < -0.4 is 4.74 Å². The van der Waals surface area contributed by atoms with Crippen LogP contribution in [-0.2, 0) is 4.79 Å². The highest BCUT2D eigenvalue weighted by Crippen LogP contribution is 2.34. The van der Waals surface area contributed by atoms with Crippen molar-refractivity contribution in [1.29, 1.82) is 5.26 Å². The summed E-state index contributed by atoms with van der Waals surface area (Å²) in [5, 5.41) is 8.80. The van der Waals surface area contributed by atoms with Crippen LogP contribution in [0, 0.1) is 11.3 Å². The lowest BCUT2D eigenvalue weighted by atomic mass is 9.99. The molecule has 1 amide bonds. The van der Waals surface area contributed by atoms with Crippen LogP contribution in [0.15, 0.2) is 24.3 Å². The van der Waals surface area contributed by atoms with Crippen LogP contribution in [0.4, 0.5) is 0 Å². The van der Waals surface area contributed by atoms with Crippen molar-refractivity contribution in [3.63, 3.8) is 0 Å². The highest BCUT2D eigenvalue weighted by atomic mass is 16.5. The molecule has 94 valence electrons. The molecule has 4 nitrogen and oxygen atoms in total. The fraction of sp³-hybridized carbons (Fsp3) is 0.429. The van der Waals surface area contributed by atoms with Crippen molar-refractivity contribution in [2.24, 2.45) is 0 Å². The number of para-hydroxylation sites is 1. The van der Waals surface area contributed by atoms with Crippen LogP contribution in [0.25, 0.3) is 0 Å². The Hall–Kier alpha value is -2.02. The number of nitriles is 1. The molecule has 1 aromatic rings. The van der Waals surface area contributed by atoms with E-state index in [1.165, 1.54) is 0 Å². The summed E-state index contributed by atoms with van der Waals surface area (Å²) in [6.07, 6.45) is 0. The SMILES string of the molecule is CC(C)N(CC#N)C(=O)C1COc2ccccc21. The van der Waals surface area contributed by atoms with Gasteiger partial charge in [0.25, 0.3) is 0 Å². The largest absolute Gasteiger partial charge is 0.492 e. The molecule has 0 bridgehead atoms. The predicted molar refractivity (Wildman–Crippen MR) is 67.1 cm³/mol. The van der Waals surface area contributed by atoms with Crippen molar-refractivity contribution in [3.8, 4) is 11.8 Å². The Morgan fingerprint density at radius 1 is 1.56 bits per heavy atom. The maximum atomic E-state index is 12.4. The van der Waals surface area contributed by atoms with Crippen LogP contribution >= 0.6 is 0 Å². The van der Waals surface area contributed by atoms with E-state index in [1.54, 1.807) is 4.90 Å². The summed E-state index contributed by atoms with van der Waals surface area (Å²) < 4.78 is 5.51. The van der Waals surface area contributed by atoms with Gasteiger partial charge in [0.05, 0.1) is 6.07 Å². The lowest BCUT2D eigenvalue weighted by molar-refractivity contribution is -0.134. The van der Waals surface area contributed by atoms with Crippen molar-refractivity contribution < 1.29 is 9.53 Å². The average Bonchev–Trinajstić information content (AvgIpc) is 2.78. The average molecular weight is 244 g/mol. The van der Waals surface area contributed by atoms with Gasteiger partial charge in [-0.15, -0.1) is 0 Å². The van der Waals surface area contributed by atoms with Gasteiger partial charge in [-0.1, -0.05) is 18.2 Å². The molecule has 0 N–H and O–H groups in total. The van der Waals surface area contributed by atoms with Crippen molar-refractivity contribution in [1.82, 2.24) is 4.90 Å². The first-order chi connectivity index (χ1) is 8.65. The van der Waals surface area contributed by atoms with Crippen molar-refractivity contribution in [2.75, 3.05) is 13.2 Å². The molecule has 1 atom stereocenters. The number of fused-ring (bicyclic) bond motifs is 1. The third-order valence-electron chi connectivity index (χ3n) is 3.15. The lowest BCUT2D eigenvalue weighted by Gasteiger charge is -2.26. The molecule has 0 aliphatic carbocycles. The van der Waals surface area contributed by atoms with Crippen LogP contribution in [-0.4, -0.2) is 30.0 Å². The predicted octanol–water partition coefficient (Wildman–Crippen LogP) is 1.92. The molecule has 0 radical (unpaired) electrons. The smallest absolute Gasteiger partial charge is 0.234 e. The number of hydrogen-bond donors (Lipinski definition) is 0. The fourth-order valence-corrected chi connectivity index (χ4v) is 2.16. The maximum absolute atomic E-state index is 12.4. The number of carbonyl (C=O) groups excluding carboxylic acids is 1. The first-order valence-electron chi connectivity index (χ1n) is 6.04. The molecule has 0 fully saturated rings. The van der Waals surface area contributed by atoms with Gasteiger partial charge in [0.2, 0.25) is 5.91 Å². The number of rotatable bonds is 3. The first-order valence-corrected chi connectivity index (χ1v) is 6.04. The summed E-state index contributed by atoms with van der Waals surface area (Å²) in [4.78, 5) is 14.0. The minimum absolute atomic E-state index is 0.0184. The zero-order chi connectivity index (χ0) is 13.1. The van der Waals surface area contributed by atoms with Gasteiger partial charge >= 0.3 is 0 Å². The number of hydrogen-bond acceptors (Lipinski definition) is 3. The molecular weight excluding hydrogens is 228 g/mol. The van der Waals surface area contributed by atoms with Gasteiger partial charge in [-0.2, -0.15) is 5.26 Å². The molecule has 18 heavy (non-hydrogen) atoms. The summed E-state index contributed by atoms with van der Waals surface area (Å²) in [5.41, 5.74) is 0.922. The second kappa shape index (κ2) is 5.09. The zero-order valence-electron chi connectivity index (χ0n) is 10.6. The number of amides is 1. The van der Waals surface area contributed by atoms with E-state index in [2.05, 4.69) is 0 Å². The van der Waals surface area contributed by atoms with E-state index >= 15 is 0 Å². The topological polar surface area (TPSA) is 53.3 Å². The fourth-order valence-electron chi connectivity index (χ4n) is 2.16. The highest BCUT2D eigenvalue weighted by molar-refractivity contribution is 5.86. The van der Waals surface area contributed by atoms with Crippen LogP contribution in [0.5, 0.6) is 5.75 Å². The van der Waals surface area contributed by atoms with E-state index in [0.717, 1.165) is 11.3 Å². The monoisotopic (exact) mass is 244 g/mol. The van der Waals surface area contributed by atoms with Gasteiger partial charge in [-0.3, -0.25) is 4.79 Å². The molecule has 4 heteroatoms. The van der Waals surface area contributed by atoms with Gasteiger partial charge in [-0.25, -0.2) is 0 Å². The van der Waals surface area contributed by atoms with E-state index < -0.39 is 0 Å². The third kappa shape index (κ3) is 2.17.